The third kappa shape index (κ3) is 2.79. The lowest BCUT2D eigenvalue weighted by Crippen LogP contribution is -1.94. The third-order valence-electron chi connectivity index (χ3n) is 4.05. The second-order valence-corrected chi connectivity index (χ2v) is 5.94. The Labute approximate surface area is 150 Å². The minimum atomic E-state index is 0.410. The molecule has 25 heavy (non-hydrogen) atoms. The van der Waals surface area contributed by atoms with Crippen LogP contribution in [0.25, 0.3) is 16.6 Å². The van der Waals surface area contributed by atoms with E-state index in [9.17, 15) is 4.79 Å². The van der Waals surface area contributed by atoms with Crippen molar-refractivity contribution in [3.63, 3.8) is 0 Å². The minimum absolute atomic E-state index is 0.410. The Kier molecular flexibility index (Phi) is 4.00. The fraction of sp³-hybridized carbons (Fsp3) is 0. The zero-order chi connectivity index (χ0) is 17.2. The van der Waals surface area contributed by atoms with E-state index >= 15 is 0 Å². The van der Waals surface area contributed by atoms with Gasteiger partial charge in [-0.3, -0.25) is 9.36 Å². The number of para-hydroxylation sites is 2. The summed E-state index contributed by atoms with van der Waals surface area (Å²) in [6.07, 6.45) is 0.800. The molecule has 0 N–H and O–H groups in total. The molecule has 0 aliphatic rings. The largest absolute Gasteiger partial charge is 0.457 e. The predicted molar refractivity (Wildman–Crippen MR) is 100 cm³/mol. The van der Waals surface area contributed by atoms with Gasteiger partial charge in [-0.25, -0.2) is 0 Å². The quantitative estimate of drug-likeness (QED) is 0.431. The number of nitrogens with zero attached hydrogens (tertiary/aromatic N) is 1. The number of aldehydes is 1. The van der Waals surface area contributed by atoms with Gasteiger partial charge in [0.1, 0.15) is 16.7 Å². The number of hydrogen-bond donors (Lipinski definition) is 0. The standard InChI is InChI=1S/C21H14ClNO2/c22-21-19(14-24)18-8-4-5-9-20(18)23(21)15-10-12-17(13-11-15)25-16-6-2-1-3-7-16/h1-14H. The van der Waals surface area contributed by atoms with Gasteiger partial charge < -0.3 is 4.74 Å². The van der Waals surface area contributed by atoms with Gasteiger partial charge in [-0.2, -0.15) is 0 Å². The van der Waals surface area contributed by atoms with Crippen LogP contribution in [0.15, 0.2) is 78.9 Å². The number of aromatic nitrogens is 1. The fourth-order valence-electron chi connectivity index (χ4n) is 2.89. The lowest BCUT2D eigenvalue weighted by Gasteiger charge is -2.09. The van der Waals surface area contributed by atoms with Crippen molar-refractivity contribution in [1.29, 1.82) is 0 Å². The van der Waals surface area contributed by atoms with Crippen molar-refractivity contribution >= 4 is 28.8 Å². The summed E-state index contributed by atoms with van der Waals surface area (Å²) in [7, 11) is 0. The molecule has 0 aliphatic carbocycles. The van der Waals surface area contributed by atoms with Crippen LogP contribution in [0.5, 0.6) is 11.5 Å². The molecule has 1 heterocycles. The first kappa shape index (κ1) is 15.5. The van der Waals surface area contributed by atoms with Crippen LogP contribution in [0.4, 0.5) is 0 Å². The normalized spacial score (nSPS) is 10.8. The SMILES string of the molecule is O=Cc1c(Cl)n(-c2ccc(Oc3ccccc3)cc2)c2ccccc12. The lowest BCUT2D eigenvalue weighted by molar-refractivity contribution is 0.112. The Morgan fingerprint density at radius 1 is 0.800 bits per heavy atom. The third-order valence-corrected chi connectivity index (χ3v) is 4.42. The summed E-state index contributed by atoms with van der Waals surface area (Å²) in [5.41, 5.74) is 2.27. The van der Waals surface area contributed by atoms with E-state index in [2.05, 4.69) is 0 Å². The van der Waals surface area contributed by atoms with Crippen LogP contribution in [-0.4, -0.2) is 10.9 Å². The second kappa shape index (κ2) is 6.46. The van der Waals surface area contributed by atoms with E-state index in [1.54, 1.807) is 0 Å². The first-order valence-electron chi connectivity index (χ1n) is 7.85. The summed E-state index contributed by atoms with van der Waals surface area (Å²) in [6, 6.07) is 24.9. The Morgan fingerprint density at radius 2 is 1.44 bits per heavy atom. The summed E-state index contributed by atoms with van der Waals surface area (Å²) in [5.74, 6) is 1.51. The van der Waals surface area contributed by atoms with Gasteiger partial charge in [0.15, 0.2) is 6.29 Å². The summed E-state index contributed by atoms with van der Waals surface area (Å²) >= 11 is 6.46. The molecule has 0 unspecified atom stereocenters. The van der Waals surface area contributed by atoms with E-state index in [0.29, 0.717) is 10.7 Å². The molecule has 0 spiro atoms. The Hall–Kier alpha value is -3.04. The van der Waals surface area contributed by atoms with Crippen molar-refractivity contribution in [3.8, 4) is 17.2 Å². The first-order chi connectivity index (χ1) is 12.3. The number of halogens is 1. The van der Waals surface area contributed by atoms with Gasteiger partial charge in [0.25, 0.3) is 0 Å². The molecular formula is C21H14ClNO2. The van der Waals surface area contributed by atoms with Crippen LogP contribution in [0, 0.1) is 0 Å². The number of fused-ring (bicyclic) bond motifs is 1. The topological polar surface area (TPSA) is 31.2 Å². The summed E-state index contributed by atoms with van der Waals surface area (Å²) in [5, 5.41) is 1.25. The van der Waals surface area contributed by atoms with Gasteiger partial charge in [0, 0.05) is 11.1 Å². The predicted octanol–water partition coefficient (Wildman–Crippen LogP) is 5.89. The molecular weight excluding hydrogens is 334 g/mol. The van der Waals surface area contributed by atoms with Crippen molar-refractivity contribution in [2.45, 2.75) is 0 Å². The molecule has 0 saturated carbocycles. The highest BCUT2D eigenvalue weighted by Gasteiger charge is 2.15. The van der Waals surface area contributed by atoms with Gasteiger partial charge in [0.2, 0.25) is 0 Å². The number of carbonyl (C=O) groups excluding carboxylic acids is 1. The molecule has 122 valence electrons. The highest BCUT2D eigenvalue weighted by atomic mass is 35.5. The Morgan fingerprint density at radius 3 is 2.16 bits per heavy atom. The van der Waals surface area contributed by atoms with E-state index in [4.69, 9.17) is 16.3 Å². The first-order valence-corrected chi connectivity index (χ1v) is 8.23. The van der Waals surface area contributed by atoms with Crippen molar-refractivity contribution < 1.29 is 9.53 Å². The maximum Gasteiger partial charge on any atom is 0.153 e. The Bertz CT molecular complexity index is 1040. The minimum Gasteiger partial charge on any atom is -0.457 e. The van der Waals surface area contributed by atoms with E-state index in [-0.39, 0.29) is 0 Å². The molecule has 0 atom stereocenters. The van der Waals surface area contributed by atoms with Crippen LogP contribution in [0.1, 0.15) is 10.4 Å². The van der Waals surface area contributed by atoms with Crippen LogP contribution in [0.2, 0.25) is 5.15 Å². The zero-order valence-electron chi connectivity index (χ0n) is 13.2. The van der Waals surface area contributed by atoms with E-state index in [1.165, 1.54) is 0 Å². The number of carbonyl (C=O) groups is 1. The van der Waals surface area contributed by atoms with Crippen LogP contribution < -0.4 is 4.74 Å². The number of ether oxygens (including phenoxy) is 1. The van der Waals surface area contributed by atoms with Crippen molar-refractivity contribution in [2.75, 3.05) is 0 Å². The van der Waals surface area contributed by atoms with E-state index < -0.39 is 0 Å². The van der Waals surface area contributed by atoms with Gasteiger partial charge in [0.05, 0.1) is 11.1 Å². The number of benzene rings is 3. The molecule has 4 aromatic rings. The molecule has 0 saturated heterocycles. The molecule has 0 radical (unpaired) electrons. The van der Waals surface area contributed by atoms with E-state index in [0.717, 1.165) is 34.4 Å². The molecule has 1 aromatic heterocycles. The van der Waals surface area contributed by atoms with Crippen LogP contribution in [0.3, 0.4) is 0 Å². The van der Waals surface area contributed by atoms with Crippen molar-refractivity contribution in [3.05, 3.63) is 89.6 Å². The smallest absolute Gasteiger partial charge is 0.153 e. The van der Waals surface area contributed by atoms with Crippen molar-refractivity contribution in [2.24, 2.45) is 0 Å². The van der Waals surface area contributed by atoms with Gasteiger partial charge >= 0.3 is 0 Å². The highest BCUT2D eigenvalue weighted by Crippen LogP contribution is 2.32. The molecule has 0 amide bonds. The summed E-state index contributed by atoms with van der Waals surface area (Å²) < 4.78 is 7.68. The average Bonchev–Trinajstić information content (AvgIpc) is 2.94. The molecule has 0 fully saturated rings. The van der Waals surface area contributed by atoms with Gasteiger partial charge in [-0.15, -0.1) is 0 Å². The second-order valence-electron chi connectivity index (χ2n) is 5.58. The van der Waals surface area contributed by atoms with Crippen LogP contribution >= 0.6 is 11.6 Å². The maximum atomic E-state index is 11.4. The van der Waals surface area contributed by atoms with Crippen molar-refractivity contribution in [1.82, 2.24) is 4.57 Å². The number of hydrogen-bond acceptors (Lipinski definition) is 2. The molecule has 0 bridgehead atoms. The molecule has 0 aliphatic heterocycles. The van der Waals surface area contributed by atoms with Gasteiger partial charge in [-0.05, 0) is 42.5 Å². The van der Waals surface area contributed by atoms with E-state index in [1.807, 2.05) is 83.4 Å². The Balaban J connectivity index is 1.75. The lowest BCUT2D eigenvalue weighted by atomic mass is 10.2. The molecule has 4 heteroatoms. The molecule has 3 nitrogen and oxygen atoms in total. The zero-order valence-corrected chi connectivity index (χ0v) is 14.0. The summed E-state index contributed by atoms with van der Waals surface area (Å²) in [6.45, 7) is 0. The highest BCUT2D eigenvalue weighted by molar-refractivity contribution is 6.34. The average molecular weight is 348 g/mol. The van der Waals surface area contributed by atoms with Crippen LogP contribution in [-0.2, 0) is 0 Å². The number of rotatable bonds is 4. The van der Waals surface area contributed by atoms with Gasteiger partial charge in [-0.1, -0.05) is 48.0 Å². The summed E-state index contributed by atoms with van der Waals surface area (Å²) in [4.78, 5) is 11.4. The molecule has 3 aromatic carbocycles. The monoisotopic (exact) mass is 347 g/mol. The molecule has 4 rings (SSSR count). The fourth-order valence-corrected chi connectivity index (χ4v) is 3.22. The maximum absolute atomic E-state index is 11.4.